The van der Waals surface area contributed by atoms with Crippen LogP contribution in [-0.4, -0.2) is 0 Å². The Balaban J connectivity index is 2.19. The largest absolute Gasteiger partial charge is 0.0984 e. The molecule has 118 valence electrons. The van der Waals surface area contributed by atoms with Gasteiger partial charge in [-0.25, -0.2) is 0 Å². The van der Waals surface area contributed by atoms with Gasteiger partial charge in [0.1, 0.15) is 0 Å². The van der Waals surface area contributed by atoms with Crippen molar-refractivity contribution < 1.29 is 0 Å². The Bertz CT molecular complexity index is 780. The highest BCUT2D eigenvalue weighted by Crippen LogP contribution is 2.32. The van der Waals surface area contributed by atoms with Gasteiger partial charge in [-0.2, -0.15) is 0 Å². The zero-order valence-corrected chi connectivity index (χ0v) is 15.6. The second-order valence-electron chi connectivity index (χ2n) is 4.63. The van der Waals surface area contributed by atoms with Gasteiger partial charge in [-0.15, -0.1) is 0 Å². The minimum absolute atomic E-state index is 0.355. The van der Waals surface area contributed by atoms with Crippen molar-refractivity contribution in [2.24, 2.45) is 0 Å². The molecule has 0 aliphatic heterocycles. The number of rotatable bonds is 4. The van der Waals surface area contributed by atoms with E-state index in [1.54, 1.807) is 24.3 Å². The van der Waals surface area contributed by atoms with Crippen LogP contribution in [0.25, 0.3) is 18.2 Å². The fraction of sp³-hybridized carbons (Fsp3) is 0. The van der Waals surface area contributed by atoms with Crippen LogP contribution in [0.5, 0.6) is 0 Å². The molecular weight excluding hydrogens is 393 g/mol. The molecule has 23 heavy (non-hydrogen) atoms. The van der Waals surface area contributed by atoms with E-state index in [0.717, 1.165) is 16.7 Å². The molecule has 0 amide bonds. The van der Waals surface area contributed by atoms with Gasteiger partial charge in [-0.1, -0.05) is 95.0 Å². The summed E-state index contributed by atoms with van der Waals surface area (Å²) < 4.78 is 0. The Morgan fingerprint density at radius 1 is 0.652 bits per heavy atom. The van der Waals surface area contributed by atoms with Crippen molar-refractivity contribution in [2.75, 3.05) is 0 Å². The fourth-order valence-corrected chi connectivity index (χ4v) is 2.92. The number of benzene rings is 2. The molecule has 0 bridgehead atoms. The number of hydrogen-bond donors (Lipinski definition) is 0. The lowest BCUT2D eigenvalue weighted by Gasteiger charge is -2.03. The maximum Gasteiger partial charge on any atom is 0.0778 e. The van der Waals surface area contributed by atoms with E-state index in [0.29, 0.717) is 25.1 Å². The van der Waals surface area contributed by atoms with E-state index in [-0.39, 0.29) is 0 Å². The summed E-state index contributed by atoms with van der Waals surface area (Å²) in [5.74, 6) is 0. The fourth-order valence-electron chi connectivity index (χ4n) is 1.88. The van der Waals surface area contributed by atoms with Crippen LogP contribution in [0.2, 0.25) is 25.1 Å². The summed E-state index contributed by atoms with van der Waals surface area (Å²) in [5.41, 5.74) is 2.57. The van der Waals surface area contributed by atoms with E-state index in [9.17, 15) is 0 Å². The Morgan fingerprint density at radius 3 is 1.57 bits per heavy atom. The molecule has 2 aromatic rings. The van der Waals surface area contributed by atoms with Crippen LogP contribution in [0, 0.1) is 0 Å². The van der Waals surface area contributed by atoms with Crippen molar-refractivity contribution in [1.82, 2.24) is 0 Å². The normalized spacial score (nSPS) is 11.5. The van der Waals surface area contributed by atoms with Crippen molar-refractivity contribution in [2.45, 2.75) is 0 Å². The lowest BCUT2D eigenvalue weighted by atomic mass is 10.1. The average Bonchev–Trinajstić information content (AvgIpc) is 2.52. The van der Waals surface area contributed by atoms with Crippen LogP contribution in [0.1, 0.15) is 16.7 Å². The molecule has 0 heterocycles. The molecule has 0 unspecified atom stereocenters. The third-order valence-electron chi connectivity index (χ3n) is 2.99. The summed E-state index contributed by atoms with van der Waals surface area (Å²) in [6, 6.07) is 7.18. The Hall–Kier alpha value is -0.890. The number of halogens is 5. The zero-order chi connectivity index (χ0) is 17.0. The molecule has 0 saturated carbocycles. The van der Waals surface area contributed by atoms with Crippen LogP contribution in [0.4, 0.5) is 0 Å². The number of hydrogen-bond acceptors (Lipinski definition) is 0. The molecule has 0 fully saturated rings. The Morgan fingerprint density at radius 2 is 1.09 bits per heavy atom. The molecule has 2 rings (SSSR count). The van der Waals surface area contributed by atoms with Crippen molar-refractivity contribution in [3.63, 3.8) is 0 Å². The van der Waals surface area contributed by atoms with Crippen LogP contribution in [0.15, 0.2) is 43.0 Å². The second-order valence-corrected chi connectivity index (χ2v) is 6.60. The third kappa shape index (κ3) is 4.79. The third-order valence-corrected chi connectivity index (χ3v) is 5.01. The molecule has 0 saturated heterocycles. The van der Waals surface area contributed by atoms with E-state index >= 15 is 0 Å². The van der Waals surface area contributed by atoms with Crippen LogP contribution >= 0.6 is 58.0 Å². The highest BCUT2D eigenvalue weighted by atomic mass is 35.5. The first kappa shape index (κ1) is 18.4. The molecule has 0 aliphatic rings. The highest BCUT2D eigenvalue weighted by Gasteiger charge is 2.04. The Labute approximate surface area is 160 Å². The molecule has 0 radical (unpaired) electrons. The first-order chi connectivity index (χ1) is 10.9. The van der Waals surface area contributed by atoms with Gasteiger partial charge >= 0.3 is 0 Å². The predicted octanol–water partition coefficient (Wildman–Crippen LogP) is 8.32. The highest BCUT2D eigenvalue weighted by molar-refractivity contribution is 6.48. The minimum atomic E-state index is 0.355. The molecule has 0 aromatic heterocycles. The van der Waals surface area contributed by atoms with E-state index in [2.05, 4.69) is 6.58 Å². The van der Waals surface area contributed by atoms with Gasteiger partial charge < -0.3 is 0 Å². The maximum absolute atomic E-state index is 6.08. The first-order valence-corrected chi connectivity index (χ1v) is 8.42. The molecule has 2 aromatic carbocycles. The topological polar surface area (TPSA) is 0 Å². The SMILES string of the molecule is C=Cc1cc(/C=C/C=C/c2cc(Cl)c(Cl)c(Cl)c2)cc(Cl)c1Cl. The zero-order valence-electron chi connectivity index (χ0n) is 11.8. The molecule has 0 aliphatic carbocycles. The smallest absolute Gasteiger partial charge is 0.0778 e. The molecule has 0 N–H and O–H groups in total. The summed E-state index contributed by atoms with van der Waals surface area (Å²) >= 11 is 30.0. The summed E-state index contributed by atoms with van der Waals surface area (Å²) in [4.78, 5) is 0. The van der Waals surface area contributed by atoms with Crippen molar-refractivity contribution in [3.05, 3.63) is 84.8 Å². The first-order valence-electron chi connectivity index (χ1n) is 6.53. The van der Waals surface area contributed by atoms with E-state index in [1.807, 2.05) is 30.4 Å². The maximum atomic E-state index is 6.08. The lowest BCUT2D eigenvalue weighted by molar-refractivity contribution is 1.61. The van der Waals surface area contributed by atoms with E-state index < -0.39 is 0 Å². The van der Waals surface area contributed by atoms with E-state index in [4.69, 9.17) is 58.0 Å². The molecule has 0 nitrogen and oxygen atoms in total. The lowest BCUT2D eigenvalue weighted by Crippen LogP contribution is -1.80. The standard InChI is InChI=1S/C18H11Cl5/c1-2-13-7-11(8-14(19)17(13)22)5-3-4-6-12-9-15(20)18(23)16(21)10-12/h2-10H,1H2/b5-3+,6-4+. The van der Waals surface area contributed by atoms with Gasteiger partial charge in [-0.3, -0.25) is 0 Å². The van der Waals surface area contributed by atoms with Gasteiger partial charge in [0.2, 0.25) is 0 Å². The van der Waals surface area contributed by atoms with Gasteiger partial charge in [0.15, 0.2) is 0 Å². The van der Waals surface area contributed by atoms with Crippen LogP contribution in [0.3, 0.4) is 0 Å². The van der Waals surface area contributed by atoms with Crippen molar-refractivity contribution >= 4 is 76.2 Å². The summed E-state index contributed by atoms with van der Waals surface area (Å²) in [5, 5.41) is 2.18. The van der Waals surface area contributed by atoms with Crippen LogP contribution < -0.4 is 0 Å². The number of allylic oxidation sites excluding steroid dienone is 2. The Kier molecular flexibility index (Phi) is 6.64. The summed E-state index contributed by atoms with van der Waals surface area (Å²) in [7, 11) is 0. The van der Waals surface area contributed by atoms with E-state index in [1.165, 1.54) is 0 Å². The average molecular weight is 405 g/mol. The van der Waals surface area contributed by atoms with Gasteiger partial charge in [0, 0.05) is 0 Å². The molecule has 0 atom stereocenters. The molecule has 0 spiro atoms. The van der Waals surface area contributed by atoms with Gasteiger partial charge in [0.25, 0.3) is 0 Å². The minimum Gasteiger partial charge on any atom is -0.0984 e. The quantitative estimate of drug-likeness (QED) is 0.355. The van der Waals surface area contributed by atoms with Gasteiger partial charge in [0.05, 0.1) is 25.1 Å². The van der Waals surface area contributed by atoms with Crippen LogP contribution in [-0.2, 0) is 0 Å². The molecule has 5 heteroatoms. The van der Waals surface area contributed by atoms with Gasteiger partial charge in [-0.05, 0) is 41.0 Å². The van der Waals surface area contributed by atoms with Crippen molar-refractivity contribution in [1.29, 1.82) is 0 Å². The predicted molar refractivity (Wildman–Crippen MR) is 106 cm³/mol. The summed E-state index contributed by atoms with van der Waals surface area (Å²) in [6.45, 7) is 3.72. The monoisotopic (exact) mass is 402 g/mol. The summed E-state index contributed by atoms with van der Waals surface area (Å²) in [6.07, 6.45) is 9.19. The van der Waals surface area contributed by atoms with Crippen molar-refractivity contribution in [3.8, 4) is 0 Å². The molecular formula is C18H11Cl5. The second kappa shape index (κ2) is 8.28.